The molecule has 1 rings (SSSR count). The Bertz CT molecular complexity index is 304. The summed E-state index contributed by atoms with van der Waals surface area (Å²) in [6.45, 7) is 0.467. The van der Waals surface area contributed by atoms with E-state index in [9.17, 15) is 0 Å². The van der Waals surface area contributed by atoms with E-state index in [-0.39, 0.29) is 5.38 Å². The van der Waals surface area contributed by atoms with Crippen molar-refractivity contribution in [1.29, 1.82) is 0 Å². The number of benzene rings is 1. The minimum Gasteiger partial charge on any atom is -0.496 e. The molecule has 0 aliphatic heterocycles. The molecule has 1 aromatic rings. The summed E-state index contributed by atoms with van der Waals surface area (Å²) < 4.78 is 11.2. The van der Waals surface area contributed by atoms with Crippen LogP contribution in [0.25, 0.3) is 0 Å². The summed E-state index contributed by atoms with van der Waals surface area (Å²) in [6, 6.07) is 5.73. The fraction of sp³-hybridized carbons (Fsp3) is 0.400. The maximum absolute atomic E-state index is 6.14. The van der Waals surface area contributed by atoms with E-state index in [0.29, 0.717) is 6.61 Å². The highest BCUT2D eigenvalue weighted by Crippen LogP contribution is 2.32. The highest BCUT2D eigenvalue weighted by molar-refractivity contribution is 9.10. The third kappa shape index (κ3) is 2.87. The van der Waals surface area contributed by atoms with E-state index in [4.69, 9.17) is 21.1 Å². The molecule has 0 aliphatic rings. The standard InChI is InChI=1S/C10H12BrClO2/c1-13-6-9(12)8-5-7(11)3-4-10(8)14-2/h3-5,9H,6H2,1-2H3. The van der Waals surface area contributed by atoms with Gasteiger partial charge in [0.15, 0.2) is 0 Å². The van der Waals surface area contributed by atoms with Crippen LogP contribution in [0.3, 0.4) is 0 Å². The van der Waals surface area contributed by atoms with Gasteiger partial charge in [0.05, 0.1) is 19.1 Å². The summed E-state index contributed by atoms with van der Waals surface area (Å²) in [7, 11) is 3.25. The SMILES string of the molecule is COCC(Cl)c1cc(Br)ccc1OC. The normalized spacial score (nSPS) is 12.6. The van der Waals surface area contributed by atoms with Gasteiger partial charge in [-0.3, -0.25) is 0 Å². The lowest BCUT2D eigenvalue weighted by atomic mass is 10.1. The molecule has 0 fully saturated rings. The molecule has 0 aliphatic carbocycles. The first kappa shape index (κ1) is 11.8. The van der Waals surface area contributed by atoms with Crippen LogP contribution in [0, 0.1) is 0 Å². The lowest BCUT2D eigenvalue weighted by molar-refractivity contribution is 0.197. The van der Waals surface area contributed by atoms with Crippen molar-refractivity contribution >= 4 is 27.5 Å². The molecule has 0 amide bonds. The Hall–Kier alpha value is -0.250. The molecule has 0 radical (unpaired) electrons. The topological polar surface area (TPSA) is 18.5 Å². The molecule has 2 nitrogen and oxygen atoms in total. The van der Waals surface area contributed by atoms with Crippen LogP contribution in [0.15, 0.2) is 22.7 Å². The monoisotopic (exact) mass is 278 g/mol. The molecule has 1 atom stereocenters. The molecule has 1 unspecified atom stereocenters. The van der Waals surface area contributed by atoms with Crippen LogP contribution in [0.1, 0.15) is 10.9 Å². The Morgan fingerprint density at radius 2 is 2.14 bits per heavy atom. The van der Waals surface area contributed by atoms with Crippen molar-refractivity contribution in [1.82, 2.24) is 0 Å². The fourth-order valence-corrected chi connectivity index (χ4v) is 1.86. The quantitative estimate of drug-likeness (QED) is 0.787. The van der Waals surface area contributed by atoms with Gasteiger partial charge in [0, 0.05) is 17.1 Å². The summed E-state index contributed by atoms with van der Waals surface area (Å²) in [6.07, 6.45) is 0. The average Bonchev–Trinajstić information content (AvgIpc) is 2.18. The number of alkyl halides is 1. The third-order valence-corrected chi connectivity index (χ3v) is 2.70. The molecule has 14 heavy (non-hydrogen) atoms. The molecule has 4 heteroatoms. The zero-order valence-electron chi connectivity index (χ0n) is 8.09. The van der Waals surface area contributed by atoms with Gasteiger partial charge in [0.25, 0.3) is 0 Å². The smallest absolute Gasteiger partial charge is 0.123 e. The number of methoxy groups -OCH3 is 2. The first-order chi connectivity index (χ1) is 6.69. The van der Waals surface area contributed by atoms with E-state index in [1.807, 2.05) is 18.2 Å². The first-order valence-corrected chi connectivity index (χ1v) is 5.38. The maximum atomic E-state index is 6.14. The minimum atomic E-state index is -0.188. The summed E-state index contributed by atoms with van der Waals surface area (Å²) in [5.41, 5.74) is 0.936. The Balaban J connectivity index is 2.97. The number of hydrogen-bond donors (Lipinski definition) is 0. The van der Waals surface area contributed by atoms with E-state index < -0.39 is 0 Å². The van der Waals surface area contributed by atoms with E-state index in [1.54, 1.807) is 14.2 Å². The van der Waals surface area contributed by atoms with Crippen molar-refractivity contribution < 1.29 is 9.47 Å². The molecule has 0 spiro atoms. The van der Waals surface area contributed by atoms with Crippen molar-refractivity contribution in [3.05, 3.63) is 28.2 Å². The molecule has 0 bridgehead atoms. The maximum Gasteiger partial charge on any atom is 0.123 e. The number of rotatable bonds is 4. The molecule has 1 aromatic carbocycles. The molecule has 78 valence electrons. The van der Waals surface area contributed by atoms with Gasteiger partial charge in [-0.1, -0.05) is 15.9 Å². The second kappa shape index (κ2) is 5.59. The van der Waals surface area contributed by atoms with Gasteiger partial charge in [0.2, 0.25) is 0 Å². The number of ether oxygens (including phenoxy) is 2. The molecular weight excluding hydrogens is 267 g/mol. The van der Waals surface area contributed by atoms with Crippen molar-refractivity contribution in [3.63, 3.8) is 0 Å². The summed E-state index contributed by atoms with van der Waals surface area (Å²) in [5.74, 6) is 0.783. The minimum absolute atomic E-state index is 0.188. The molecular formula is C10H12BrClO2. The number of halogens is 2. The largest absolute Gasteiger partial charge is 0.496 e. The average molecular weight is 280 g/mol. The van der Waals surface area contributed by atoms with Gasteiger partial charge in [0.1, 0.15) is 5.75 Å². The molecule has 0 saturated heterocycles. The Kier molecular flexibility index (Phi) is 4.72. The van der Waals surface area contributed by atoms with Gasteiger partial charge < -0.3 is 9.47 Å². The fourth-order valence-electron chi connectivity index (χ4n) is 1.19. The zero-order chi connectivity index (χ0) is 10.6. The predicted octanol–water partition coefficient (Wildman–Crippen LogP) is 3.38. The highest BCUT2D eigenvalue weighted by atomic mass is 79.9. The molecule has 0 aromatic heterocycles. The second-order valence-electron chi connectivity index (χ2n) is 2.81. The van der Waals surface area contributed by atoms with Crippen molar-refractivity contribution in [2.24, 2.45) is 0 Å². The molecule has 0 saturated carbocycles. The van der Waals surface area contributed by atoms with E-state index in [0.717, 1.165) is 15.8 Å². The predicted molar refractivity (Wildman–Crippen MR) is 61.2 cm³/mol. The van der Waals surface area contributed by atoms with Crippen LogP contribution in [-0.2, 0) is 4.74 Å². The van der Waals surface area contributed by atoms with Gasteiger partial charge in [-0.05, 0) is 18.2 Å². The van der Waals surface area contributed by atoms with Crippen LogP contribution >= 0.6 is 27.5 Å². The highest BCUT2D eigenvalue weighted by Gasteiger charge is 2.13. The van der Waals surface area contributed by atoms with Crippen molar-refractivity contribution in [3.8, 4) is 5.75 Å². The van der Waals surface area contributed by atoms with Gasteiger partial charge >= 0.3 is 0 Å². The van der Waals surface area contributed by atoms with Gasteiger partial charge in [-0.15, -0.1) is 11.6 Å². The number of hydrogen-bond acceptors (Lipinski definition) is 2. The van der Waals surface area contributed by atoms with E-state index in [2.05, 4.69) is 15.9 Å². The molecule has 0 N–H and O–H groups in total. The van der Waals surface area contributed by atoms with Crippen LogP contribution in [0.5, 0.6) is 5.75 Å². The van der Waals surface area contributed by atoms with E-state index >= 15 is 0 Å². The summed E-state index contributed by atoms with van der Waals surface area (Å²) in [5, 5.41) is -0.188. The zero-order valence-corrected chi connectivity index (χ0v) is 10.4. The van der Waals surface area contributed by atoms with Crippen LogP contribution in [-0.4, -0.2) is 20.8 Å². The first-order valence-electron chi connectivity index (χ1n) is 4.15. The van der Waals surface area contributed by atoms with Crippen LogP contribution < -0.4 is 4.74 Å². The van der Waals surface area contributed by atoms with Crippen LogP contribution in [0.2, 0.25) is 0 Å². The van der Waals surface area contributed by atoms with E-state index in [1.165, 1.54) is 0 Å². The summed E-state index contributed by atoms with van der Waals surface area (Å²) in [4.78, 5) is 0. The van der Waals surface area contributed by atoms with Crippen molar-refractivity contribution in [2.45, 2.75) is 5.38 Å². The van der Waals surface area contributed by atoms with Gasteiger partial charge in [-0.2, -0.15) is 0 Å². The lowest BCUT2D eigenvalue weighted by Crippen LogP contribution is -2.01. The second-order valence-corrected chi connectivity index (χ2v) is 4.25. The third-order valence-electron chi connectivity index (χ3n) is 1.84. The lowest BCUT2D eigenvalue weighted by Gasteiger charge is -2.13. The van der Waals surface area contributed by atoms with Gasteiger partial charge in [-0.25, -0.2) is 0 Å². The Morgan fingerprint density at radius 1 is 1.43 bits per heavy atom. The van der Waals surface area contributed by atoms with Crippen molar-refractivity contribution in [2.75, 3.05) is 20.8 Å². The Labute approximate surface area is 97.3 Å². The Morgan fingerprint density at radius 3 is 2.71 bits per heavy atom. The van der Waals surface area contributed by atoms with Crippen LogP contribution in [0.4, 0.5) is 0 Å². The molecule has 0 heterocycles. The summed E-state index contributed by atoms with van der Waals surface area (Å²) >= 11 is 9.53.